The van der Waals surface area contributed by atoms with E-state index in [2.05, 4.69) is 30.6 Å². The molecule has 1 heterocycles. The van der Waals surface area contributed by atoms with Crippen LogP contribution in [0.3, 0.4) is 0 Å². The molecule has 0 spiro atoms. The summed E-state index contributed by atoms with van der Waals surface area (Å²) in [4.78, 5) is 27.3. The lowest BCUT2D eigenvalue weighted by atomic mass is 9.48. The molecule has 2 N–H and O–H groups in total. The summed E-state index contributed by atoms with van der Waals surface area (Å²) >= 11 is 0. The van der Waals surface area contributed by atoms with Crippen LogP contribution in [0.25, 0.3) is 0 Å². The van der Waals surface area contributed by atoms with Crippen molar-refractivity contribution in [1.29, 1.82) is 0 Å². The quantitative estimate of drug-likeness (QED) is 0.650. The average molecular weight is 466 g/mol. The number of carbonyl (C=O) groups is 2. The van der Waals surface area contributed by atoms with Gasteiger partial charge in [-0.3, -0.25) is 4.79 Å². The molecule has 184 valence electrons. The minimum atomic E-state index is -0.149. The Morgan fingerprint density at radius 3 is 2.68 bits per heavy atom. The van der Waals surface area contributed by atoms with Crippen LogP contribution in [0.4, 0.5) is 10.5 Å². The molecule has 1 aliphatic heterocycles. The molecule has 1 aromatic rings. The number of aryl methyl sites for hydroxylation is 1. The lowest BCUT2D eigenvalue weighted by Crippen LogP contribution is -2.60. The van der Waals surface area contributed by atoms with Crippen LogP contribution in [-0.2, 0) is 4.79 Å². The molecule has 5 rings (SSSR count). The number of likely N-dealkylation sites (N-methyl/N-ethyl adjacent to an activating group) is 1. The van der Waals surface area contributed by atoms with Gasteiger partial charge in [0.1, 0.15) is 5.75 Å². The van der Waals surface area contributed by atoms with E-state index < -0.39 is 0 Å². The highest BCUT2D eigenvalue weighted by molar-refractivity contribution is 5.91. The first-order chi connectivity index (χ1) is 16.2. The molecule has 3 aliphatic carbocycles. The zero-order valence-electron chi connectivity index (χ0n) is 21.2. The maximum Gasteiger partial charge on any atom is 0.319 e. The highest BCUT2D eigenvalue weighted by Gasteiger charge is 2.60. The number of rotatable bonds is 3. The first kappa shape index (κ1) is 23.3. The van der Waals surface area contributed by atoms with E-state index in [1.165, 1.54) is 6.42 Å². The first-order valence-electron chi connectivity index (χ1n) is 12.9. The molecule has 0 saturated heterocycles. The Hall–Kier alpha value is -2.50. The van der Waals surface area contributed by atoms with Crippen molar-refractivity contribution in [2.75, 3.05) is 19.5 Å². The second kappa shape index (κ2) is 8.31. The zero-order chi connectivity index (χ0) is 24.3. The smallest absolute Gasteiger partial charge is 0.319 e. The minimum Gasteiger partial charge on any atom is -0.495 e. The molecule has 1 aromatic carbocycles. The number of anilines is 1. The summed E-state index contributed by atoms with van der Waals surface area (Å²) in [5, 5.41) is 6.37. The van der Waals surface area contributed by atoms with Crippen LogP contribution in [0.15, 0.2) is 30.4 Å². The van der Waals surface area contributed by atoms with Gasteiger partial charge < -0.3 is 20.3 Å². The van der Waals surface area contributed by atoms with Gasteiger partial charge in [0.2, 0.25) is 5.91 Å². The molecule has 6 nitrogen and oxygen atoms in total. The number of benzene rings is 1. The van der Waals surface area contributed by atoms with E-state index in [0.29, 0.717) is 35.2 Å². The summed E-state index contributed by atoms with van der Waals surface area (Å²) < 4.78 is 5.43. The Labute approximate surface area is 203 Å². The van der Waals surface area contributed by atoms with Crippen molar-refractivity contribution in [1.82, 2.24) is 10.2 Å². The Kier molecular flexibility index (Phi) is 5.69. The van der Waals surface area contributed by atoms with Gasteiger partial charge in [0.15, 0.2) is 0 Å². The average Bonchev–Trinajstić information content (AvgIpc) is 3.13. The normalized spacial score (nSPS) is 38.6. The van der Waals surface area contributed by atoms with Crippen molar-refractivity contribution in [2.45, 2.75) is 71.4 Å². The summed E-state index contributed by atoms with van der Waals surface area (Å²) in [5.74, 6) is 2.67. The van der Waals surface area contributed by atoms with Gasteiger partial charge in [-0.1, -0.05) is 26.0 Å². The van der Waals surface area contributed by atoms with Crippen LogP contribution in [0.5, 0.6) is 5.75 Å². The molecule has 0 unspecified atom stereocenters. The third kappa shape index (κ3) is 3.52. The second-order valence-corrected chi connectivity index (χ2v) is 11.6. The van der Waals surface area contributed by atoms with Gasteiger partial charge in [-0.25, -0.2) is 4.79 Å². The van der Waals surface area contributed by atoms with E-state index in [9.17, 15) is 9.59 Å². The molecule has 6 heteroatoms. The molecule has 0 bridgehead atoms. The van der Waals surface area contributed by atoms with Gasteiger partial charge in [-0.05, 0) is 92.4 Å². The molecule has 0 radical (unpaired) electrons. The van der Waals surface area contributed by atoms with E-state index in [0.717, 1.165) is 37.7 Å². The summed E-state index contributed by atoms with van der Waals surface area (Å²) in [7, 11) is 3.60. The monoisotopic (exact) mass is 465 g/mol. The topological polar surface area (TPSA) is 70.7 Å². The number of hydrogen-bond donors (Lipinski definition) is 2. The van der Waals surface area contributed by atoms with Gasteiger partial charge >= 0.3 is 6.03 Å². The Morgan fingerprint density at radius 1 is 1.12 bits per heavy atom. The minimum absolute atomic E-state index is 0.0531. The molecular formula is C28H39N3O3. The lowest BCUT2D eigenvalue weighted by Gasteiger charge is -2.60. The number of fused-ring (bicyclic) bond motifs is 5. The van der Waals surface area contributed by atoms with E-state index >= 15 is 0 Å². The van der Waals surface area contributed by atoms with Crippen molar-refractivity contribution in [3.8, 4) is 5.75 Å². The summed E-state index contributed by atoms with van der Waals surface area (Å²) in [6.07, 6.45) is 10.7. The van der Waals surface area contributed by atoms with E-state index in [1.807, 2.05) is 37.1 Å². The summed E-state index contributed by atoms with van der Waals surface area (Å²) in [6, 6.07) is 6.14. The standard InChI is InChI=1S/C28H39N3O3/c1-17-6-9-22(34-5)21(16-17)29-26(33)30-23-10-8-19-18-7-11-24-28(3,15-13-25(32)31(24)4)20(18)12-14-27(19,23)2/h6,9,13,15-16,18-20,23-24H,7-8,10-12,14H2,1-5H3,(H2,29,30,33)/t18-,19-,20-,23-,24+,27-,28+/m0/s1. The number of nitrogens with one attached hydrogen (secondary N) is 2. The zero-order valence-corrected chi connectivity index (χ0v) is 21.2. The van der Waals surface area contributed by atoms with Gasteiger partial charge in [-0.15, -0.1) is 0 Å². The van der Waals surface area contributed by atoms with Crippen LogP contribution in [0, 0.1) is 35.5 Å². The third-order valence-electron chi connectivity index (χ3n) is 10.0. The van der Waals surface area contributed by atoms with Gasteiger partial charge in [0.25, 0.3) is 0 Å². The summed E-state index contributed by atoms with van der Waals surface area (Å²) in [6.45, 7) is 6.79. The fraction of sp³-hybridized carbons (Fsp3) is 0.643. The molecule has 3 saturated carbocycles. The fourth-order valence-electron chi connectivity index (χ4n) is 8.21. The van der Waals surface area contributed by atoms with Gasteiger partial charge in [-0.2, -0.15) is 0 Å². The molecule has 7 atom stereocenters. The molecule has 34 heavy (non-hydrogen) atoms. The molecular weight excluding hydrogens is 426 g/mol. The van der Waals surface area contributed by atoms with Crippen molar-refractivity contribution in [3.63, 3.8) is 0 Å². The predicted octanol–water partition coefficient (Wildman–Crippen LogP) is 5.13. The Bertz CT molecular complexity index is 1020. The van der Waals surface area contributed by atoms with E-state index in [1.54, 1.807) is 13.2 Å². The van der Waals surface area contributed by atoms with Crippen molar-refractivity contribution in [2.24, 2.45) is 28.6 Å². The molecule has 3 amide bonds. The van der Waals surface area contributed by atoms with Gasteiger partial charge in [0.05, 0.1) is 12.8 Å². The highest BCUT2D eigenvalue weighted by atomic mass is 16.5. The van der Waals surface area contributed by atoms with Crippen LogP contribution >= 0.6 is 0 Å². The van der Waals surface area contributed by atoms with Crippen molar-refractivity contribution >= 4 is 17.6 Å². The lowest BCUT2D eigenvalue weighted by molar-refractivity contribution is -0.138. The van der Waals surface area contributed by atoms with Crippen molar-refractivity contribution < 1.29 is 14.3 Å². The van der Waals surface area contributed by atoms with Gasteiger partial charge in [0, 0.05) is 24.5 Å². The van der Waals surface area contributed by atoms with E-state index in [-0.39, 0.29) is 28.8 Å². The summed E-state index contributed by atoms with van der Waals surface area (Å²) in [5.41, 5.74) is 1.95. The number of carbonyl (C=O) groups excluding carboxylic acids is 2. The Morgan fingerprint density at radius 2 is 1.91 bits per heavy atom. The predicted molar refractivity (Wildman–Crippen MR) is 134 cm³/mol. The van der Waals surface area contributed by atoms with Crippen LogP contribution in [0.2, 0.25) is 0 Å². The van der Waals surface area contributed by atoms with E-state index in [4.69, 9.17) is 4.74 Å². The first-order valence-corrected chi connectivity index (χ1v) is 12.9. The fourth-order valence-corrected chi connectivity index (χ4v) is 8.21. The number of hydrogen-bond acceptors (Lipinski definition) is 3. The van der Waals surface area contributed by atoms with Crippen LogP contribution in [0.1, 0.15) is 57.9 Å². The molecule has 0 aromatic heterocycles. The number of methoxy groups -OCH3 is 1. The van der Waals surface area contributed by atoms with Crippen LogP contribution in [-0.4, -0.2) is 43.1 Å². The largest absolute Gasteiger partial charge is 0.495 e. The number of nitrogens with zero attached hydrogens (tertiary/aromatic N) is 1. The van der Waals surface area contributed by atoms with Crippen LogP contribution < -0.4 is 15.4 Å². The molecule has 3 fully saturated rings. The number of amides is 3. The van der Waals surface area contributed by atoms with Crippen molar-refractivity contribution in [3.05, 3.63) is 35.9 Å². The Balaban J connectivity index is 1.31. The maximum atomic E-state index is 13.0. The number of urea groups is 1. The maximum absolute atomic E-state index is 13.0. The second-order valence-electron chi connectivity index (χ2n) is 11.6. The highest BCUT2D eigenvalue weighted by Crippen LogP contribution is 2.63. The number of ether oxygens (including phenoxy) is 1. The third-order valence-corrected chi connectivity index (χ3v) is 10.0. The SMILES string of the molecule is COc1ccc(C)cc1NC(=O)N[C@H]1CC[C@H]2[C@@H]3CC[C@H]4N(C)C(=O)C=C[C@]4(C)[C@H]3CC[C@]12C. The molecule has 4 aliphatic rings.